The molecule has 0 saturated carbocycles. The second-order valence-corrected chi connectivity index (χ2v) is 12.8. The van der Waals surface area contributed by atoms with E-state index in [4.69, 9.17) is 14.9 Å². The first-order chi connectivity index (χ1) is 20.2. The number of ether oxygens (including phenoxy) is 1. The molecule has 0 spiro atoms. The van der Waals surface area contributed by atoms with Gasteiger partial charge in [-0.3, -0.25) is 0 Å². The van der Waals surface area contributed by atoms with Crippen molar-refractivity contribution < 1.29 is 14.9 Å². The Morgan fingerprint density at radius 2 is 0.512 bits per heavy atom. The topological polar surface area (TPSA) is 49.7 Å². The Kier molecular flexibility index (Phi) is 41.8. The largest absolute Gasteiger partial charge is 0.394 e. The zero-order valence-corrected chi connectivity index (χ0v) is 29.1. The number of aliphatic hydroxyl groups is 2. The maximum absolute atomic E-state index is 7.62. The van der Waals surface area contributed by atoms with Crippen LogP contribution >= 0.6 is 0 Å². The molecular weight excluding hydrogens is 504 g/mol. The van der Waals surface area contributed by atoms with Gasteiger partial charge in [-0.15, -0.1) is 0 Å². The van der Waals surface area contributed by atoms with E-state index in [1.165, 1.54) is 193 Å². The summed E-state index contributed by atoms with van der Waals surface area (Å²) in [7, 11) is 0. The van der Waals surface area contributed by atoms with E-state index >= 15 is 0 Å². The summed E-state index contributed by atoms with van der Waals surface area (Å²) < 4.78 is 7.00. The van der Waals surface area contributed by atoms with E-state index in [0.717, 1.165) is 0 Å². The SMILES string of the molecule is CCCCCCCCCC(CCCCCCCC)OC(CCCCCCCC)CCCCCCCCC.OCCO. The Labute approximate surface area is 260 Å². The van der Waals surface area contributed by atoms with Crippen LogP contribution in [0.2, 0.25) is 0 Å². The summed E-state index contributed by atoms with van der Waals surface area (Å²) in [5.41, 5.74) is 0. The molecule has 2 unspecified atom stereocenters. The van der Waals surface area contributed by atoms with Crippen LogP contribution in [0.25, 0.3) is 0 Å². The van der Waals surface area contributed by atoms with Gasteiger partial charge >= 0.3 is 0 Å². The van der Waals surface area contributed by atoms with Crippen LogP contribution in [0.4, 0.5) is 0 Å². The number of aliphatic hydroxyl groups excluding tert-OH is 2. The van der Waals surface area contributed by atoms with E-state index in [9.17, 15) is 0 Å². The van der Waals surface area contributed by atoms with Gasteiger partial charge in [-0.2, -0.15) is 0 Å². The third-order valence-electron chi connectivity index (χ3n) is 8.50. The minimum Gasteiger partial charge on any atom is -0.394 e. The summed E-state index contributed by atoms with van der Waals surface area (Å²) >= 11 is 0. The van der Waals surface area contributed by atoms with Crippen molar-refractivity contribution >= 4 is 0 Å². The number of hydrogen-bond acceptors (Lipinski definition) is 3. The van der Waals surface area contributed by atoms with Crippen molar-refractivity contribution in [1.29, 1.82) is 0 Å². The molecule has 0 aromatic rings. The van der Waals surface area contributed by atoms with Gasteiger partial charge in [0.25, 0.3) is 0 Å². The molecule has 0 rings (SSSR count). The molecule has 2 atom stereocenters. The van der Waals surface area contributed by atoms with Gasteiger partial charge in [0.15, 0.2) is 0 Å². The quantitative estimate of drug-likeness (QED) is 0.0754. The molecule has 0 heterocycles. The summed E-state index contributed by atoms with van der Waals surface area (Å²) in [5.74, 6) is 0. The van der Waals surface area contributed by atoms with Crippen LogP contribution < -0.4 is 0 Å². The standard InChI is InChI=1S/C36H74O.C2H6O2/c1-5-9-13-17-21-25-29-33-35(31-27-23-19-15-11-7-3)37-36(32-28-24-20-16-12-8-4)34-30-26-22-18-14-10-6-2;3-1-2-4/h35-36H,5-34H2,1-4H3;3-4H,1-2H2. The Hall–Kier alpha value is -0.120. The van der Waals surface area contributed by atoms with Crippen LogP contribution in [-0.2, 0) is 4.74 Å². The maximum Gasteiger partial charge on any atom is 0.0662 e. The molecule has 2 N–H and O–H groups in total. The Balaban J connectivity index is 0. The van der Waals surface area contributed by atoms with E-state index in [1.807, 2.05) is 0 Å². The summed E-state index contributed by atoms with van der Waals surface area (Å²) in [5, 5.41) is 15.2. The second-order valence-electron chi connectivity index (χ2n) is 12.8. The molecule has 41 heavy (non-hydrogen) atoms. The van der Waals surface area contributed by atoms with Gasteiger partial charge in [0.1, 0.15) is 0 Å². The monoisotopic (exact) mass is 585 g/mol. The van der Waals surface area contributed by atoms with Crippen molar-refractivity contribution in [3.63, 3.8) is 0 Å². The first kappa shape index (κ1) is 43.0. The fourth-order valence-electron chi connectivity index (χ4n) is 5.80. The van der Waals surface area contributed by atoms with Crippen LogP contribution in [0, 0.1) is 0 Å². The Morgan fingerprint density at radius 3 is 0.707 bits per heavy atom. The van der Waals surface area contributed by atoms with Crippen molar-refractivity contribution in [2.75, 3.05) is 13.2 Å². The lowest BCUT2D eigenvalue weighted by Gasteiger charge is -2.26. The van der Waals surface area contributed by atoms with Gasteiger partial charge in [0, 0.05) is 0 Å². The van der Waals surface area contributed by atoms with Crippen LogP contribution in [0.3, 0.4) is 0 Å². The van der Waals surface area contributed by atoms with Crippen LogP contribution in [0.5, 0.6) is 0 Å². The molecule has 0 fully saturated rings. The number of rotatable bonds is 33. The molecule has 0 saturated heterocycles. The van der Waals surface area contributed by atoms with E-state index < -0.39 is 0 Å². The lowest BCUT2D eigenvalue weighted by atomic mass is 9.99. The first-order valence-corrected chi connectivity index (χ1v) is 19.1. The zero-order valence-electron chi connectivity index (χ0n) is 29.1. The summed E-state index contributed by atoms with van der Waals surface area (Å²) in [6, 6.07) is 0. The highest BCUT2D eigenvalue weighted by molar-refractivity contribution is 4.67. The van der Waals surface area contributed by atoms with E-state index in [1.54, 1.807) is 0 Å². The smallest absolute Gasteiger partial charge is 0.0662 e. The highest BCUT2D eigenvalue weighted by Gasteiger charge is 2.17. The van der Waals surface area contributed by atoms with Crippen molar-refractivity contribution in [3.05, 3.63) is 0 Å². The lowest BCUT2D eigenvalue weighted by molar-refractivity contribution is -0.0324. The molecule has 0 aliphatic heterocycles. The summed E-state index contributed by atoms with van der Waals surface area (Å²) in [6.07, 6.45) is 42.9. The fourth-order valence-corrected chi connectivity index (χ4v) is 5.80. The first-order valence-electron chi connectivity index (χ1n) is 19.1. The molecular formula is C38H80O3. The third kappa shape index (κ3) is 37.9. The lowest BCUT2D eigenvalue weighted by Crippen LogP contribution is -2.23. The van der Waals surface area contributed by atoms with Crippen molar-refractivity contribution in [1.82, 2.24) is 0 Å². The van der Waals surface area contributed by atoms with Gasteiger partial charge in [-0.1, -0.05) is 195 Å². The predicted molar refractivity (Wildman–Crippen MR) is 184 cm³/mol. The number of unbranched alkanes of at least 4 members (excludes halogenated alkanes) is 22. The van der Waals surface area contributed by atoms with Gasteiger partial charge in [0.05, 0.1) is 25.4 Å². The van der Waals surface area contributed by atoms with Gasteiger partial charge in [-0.25, -0.2) is 0 Å². The van der Waals surface area contributed by atoms with E-state index in [2.05, 4.69) is 27.7 Å². The van der Waals surface area contributed by atoms with Crippen molar-refractivity contribution in [2.45, 2.75) is 233 Å². The molecule has 3 nitrogen and oxygen atoms in total. The molecule has 0 radical (unpaired) electrons. The highest BCUT2D eigenvalue weighted by atomic mass is 16.5. The van der Waals surface area contributed by atoms with E-state index in [0.29, 0.717) is 12.2 Å². The minimum atomic E-state index is -0.125. The van der Waals surface area contributed by atoms with Crippen LogP contribution in [0.1, 0.15) is 220 Å². The molecule has 0 bridgehead atoms. The predicted octanol–water partition coefficient (Wildman–Crippen LogP) is 12.5. The molecule has 0 aliphatic rings. The molecule has 250 valence electrons. The highest BCUT2D eigenvalue weighted by Crippen LogP contribution is 2.23. The molecule has 0 amide bonds. The average Bonchev–Trinajstić information content (AvgIpc) is 2.99. The molecule has 0 aromatic carbocycles. The van der Waals surface area contributed by atoms with Gasteiger partial charge < -0.3 is 14.9 Å². The summed E-state index contributed by atoms with van der Waals surface area (Å²) in [4.78, 5) is 0. The molecule has 0 aliphatic carbocycles. The Morgan fingerprint density at radius 1 is 0.317 bits per heavy atom. The van der Waals surface area contributed by atoms with Gasteiger partial charge in [-0.05, 0) is 25.7 Å². The fraction of sp³-hybridized carbons (Fsp3) is 1.00. The third-order valence-corrected chi connectivity index (χ3v) is 8.50. The maximum atomic E-state index is 7.62. The second kappa shape index (κ2) is 39.9. The van der Waals surface area contributed by atoms with Crippen LogP contribution in [0.15, 0.2) is 0 Å². The zero-order chi connectivity index (χ0) is 30.5. The molecule has 0 aromatic heterocycles. The normalized spacial score (nSPS) is 12.7. The van der Waals surface area contributed by atoms with E-state index in [-0.39, 0.29) is 13.2 Å². The average molecular weight is 585 g/mol. The van der Waals surface area contributed by atoms with Crippen LogP contribution in [-0.4, -0.2) is 35.6 Å². The van der Waals surface area contributed by atoms with Crippen molar-refractivity contribution in [2.24, 2.45) is 0 Å². The summed E-state index contributed by atoms with van der Waals surface area (Å²) in [6.45, 7) is 9.03. The molecule has 3 heteroatoms. The van der Waals surface area contributed by atoms with Gasteiger partial charge in [0.2, 0.25) is 0 Å². The van der Waals surface area contributed by atoms with Crippen molar-refractivity contribution in [3.8, 4) is 0 Å². The minimum absolute atomic E-state index is 0.125. The number of hydrogen-bond donors (Lipinski definition) is 2. The Bertz CT molecular complexity index is 390.